The van der Waals surface area contributed by atoms with Crippen molar-refractivity contribution in [3.63, 3.8) is 0 Å². The van der Waals surface area contributed by atoms with Crippen molar-refractivity contribution in [2.75, 3.05) is 6.54 Å². The van der Waals surface area contributed by atoms with E-state index in [1.54, 1.807) is 0 Å². The molecule has 4 nitrogen and oxygen atoms in total. The Labute approximate surface area is 125 Å². The molecule has 2 heterocycles. The molecular weight excluding hydrogens is 264 g/mol. The maximum Gasteiger partial charge on any atom is 0.304 e. The summed E-state index contributed by atoms with van der Waals surface area (Å²) in [5.74, 6) is -0.690. The van der Waals surface area contributed by atoms with Crippen molar-refractivity contribution < 1.29 is 9.90 Å². The average Bonchev–Trinajstić information content (AvgIpc) is 2.78. The summed E-state index contributed by atoms with van der Waals surface area (Å²) < 4.78 is 2.15. The van der Waals surface area contributed by atoms with Crippen molar-refractivity contribution in [3.8, 4) is 0 Å². The molecule has 1 N–H and O–H groups in total. The smallest absolute Gasteiger partial charge is 0.304 e. The highest BCUT2D eigenvalue weighted by Gasteiger charge is 2.25. The zero-order valence-electron chi connectivity index (χ0n) is 12.5. The highest BCUT2D eigenvalue weighted by atomic mass is 16.4. The molecule has 0 radical (unpaired) electrons. The third kappa shape index (κ3) is 2.95. The number of carboxylic acids is 1. The van der Waals surface area contributed by atoms with E-state index in [0.29, 0.717) is 0 Å². The Morgan fingerprint density at radius 3 is 2.95 bits per heavy atom. The lowest BCUT2D eigenvalue weighted by atomic mass is 9.98. The number of fused-ring (bicyclic) bond motifs is 1. The van der Waals surface area contributed by atoms with Gasteiger partial charge in [0.05, 0.1) is 6.42 Å². The fourth-order valence-electron chi connectivity index (χ4n) is 3.47. The molecule has 1 aromatic carbocycles. The van der Waals surface area contributed by atoms with Crippen LogP contribution in [0.4, 0.5) is 0 Å². The predicted octanol–water partition coefficient (Wildman–Crippen LogP) is 3.01. The van der Waals surface area contributed by atoms with Gasteiger partial charge in [0.15, 0.2) is 0 Å². The van der Waals surface area contributed by atoms with Crippen LogP contribution in [0.5, 0.6) is 0 Å². The first-order chi connectivity index (χ1) is 10.1. The summed E-state index contributed by atoms with van der Waals surface area (Å²) >= 11 is 0. The van der Waals surface area contributed by atoms with Crippen LogP contribution in [0.25, 0.3) is 10.9 Å². The van der Waals surface area contributed by atoms with Crippen molar-refractivity contribution in [2.45, 2.75) is 38.3 Å². The largest absolute Gasteiger partial charge is 0.481 e. The van der Waals surface area contributed by atoms with Crippen LogP contribution < -0.4 is 0 Å². The second-order valence-electron chi connectivity index (χ2n) is 6.00. The number of carboxylic acid groups (broad SMARTS) is 1. The molecule has 1 aromatic heterocycles. The summed E-state index contributed by atoms with van der Waals surface area (Å²) in [4.78, 5) is 13.4. The maximum absolute atomic E-state index is 11.1. The van der Waals surface area contributed by atoms with Crippen molar-refractivity contribution in [1.29, 1.82) is 0 Å². The van der Waals surface area contributed by atoms with Gasteiger partial charge in [-0.15, -0.1) is 0 Å². The number of carbonyl (C=O) groups is 1. The molecule has 3 rings (SSSR count). The summed E-state index contributed by atoms with van der Waals surface area (Å²) in [6.45, 7) is 1.85. The minimum Gasteiger partial charge on any atom is -0.481 e. The zero-order valence-corrected chi connectivity index (χ0v) is 12.5. The van der Waals surface area contributed by atoms with Gasteiger partial charge in [-0.25, -0.2) is 0 Å². The van der Waals surface area contributed by atoms with Gasteiger partial charge in [-0.05, 0) is 31.0 Å². The minimum atomic E-state index is -0.690. The zero-order chi connectivity index (χ0) is 14.8. The summed E-state index contributed by atoms with van der Waals surface area (Å²) in [5.41, 5.74) is 2.53. The van der Waals surface area contributed by atoms with Gasteiger partial charge in [0.25, 0.3) is 0 Å². The first kappa shape index (κ1) is 14.1. The second kappa shape index (κ2) is 5.90. The Morgan fingerprint density at radius 1 is 1.33 bits per heavy atom. The van der Waals surface area contributed by atoms with E-state index in [1.165, 1.54) is 22.9 Å². The van der Waals surface area contributed by atoms with Crippen molar-refractivity contribution >= 4 is 16.9 Å². The molecule has 1 unspecified atom stereocenters. The van der Waals surface area contributed by atoms with Crippen molar-refractivity contribution in [1.82, 2.24) is 9.47 Å². The molecule has 112 valence electrons. The predicted molar refractivity (Wildman–Crippen MR) is 83.2 cm³/mol. The van der Waals surface area contributed by atoms with Crippen molar-refractivity contribution in [2.24, 2.45) is 7.05 Å². The molecule has 0 amide bonds. The van der Waals surface area contributed by atoms with E-state index in [4.69, 9.17) is 5.11 Å². The molecule has 1 saturated heterocycles. The minimum absolute atomic E-state index is 0.176. The van der Waals surface area contributed by atoms with Gasteiger partial charge < -0.3 is 9.67 Å². The molecule has 0 spiro atoms. The second-order valence-corrected chi connectivity index (χ2v) is 6.00. The van der Waals surface area contributed by atoms with Crippen LogP contribution in [0.3, 0.4) is 0 Å². The van der Waals surface area contributed by atoms with Gasteiger partial charge in [0.2, 0.25) is 0 Å². The quantitative estimate of drug-likeness (QED) is 0.939. The molecule has 0 bridgehead atoms. The maximum atomic E-state index is 11.1. The van der Waals surface area contributed by atoms with Gasteiger partial charge in [0.1, 0.15) is 0 Å². The molecule has 1 aliphatic heterocycles. The number of aliphatic carboxylic acids is 1. The average molecular weight is 286 g/mol. The van der Waals surface area contributed by atoms with Gasteiger partial charge >= 0.3 is 5.97 Å². The Hall–Kier alpha value is -1.81. The number of hydrogen-bond acceptors (Lipinski definition) is 2. The number of nitrogens with zero attached hydrogens (tertiary/aromatic N) is 2. The fourth-order valence-corrected chi connectivity index (χ4v) is 3.47. The number of hydrogen-bond donors (Lipinski definition) is 1. The lowest BCUT2D eigenvalue weighted by Gasteiger charge is -2.34. The van der Waals surface area contributed by atoms with E-state index in [0.717, 1.165) is 25.9 Å². The highest BCUT2D eigenvalue weighted by molar-refractivity contribution is 5.83. The molecule has 0 aliphatic carbocycles. The summed E-state index contributed by atoms with van der Waals surface area (Å²) in [6.07, 6.45) is 5.74. The summed E-state index contributed by atoms with van der Waals surface area (Å²) in [7, 11) is 2.07. The number of aryl methyl sites for hydroxylation is 1. The van der Waals surface area contributed by atoms with E-state index < -0.39 is 5.97 Å². The lowest BCUT2D eigenvalue weighted by molar-refractivity contribution is -0.138. The highest BCUT2D eigenvalue weighted by Crippen LogP contribution is 2.26. The number of aromatic nitrogens is 1. The normalized spacial score (nSPS) is 20.0. The molecule has 4 heteroatoms. The molecule has 1 fully saturated rings. The SMILES string of the molecule is Cn1cc(CN2CCCCC2CC(=O)O)c2ccccc21. The number of benzene rings is 1. The van der Waals surface area contributed by atoms with E-state index in [9.17, 15) is 4.79 Å². The van der Waals surface area contributed by atoms with Crippen LogP contribution in [-0.4, -0.2) is 33.1 Å². The Morgan fingerprint density at radius 2 is 2.14 bits per heavy atom. The molecule has 1 aliphatic rings. The Kier molecular flexibility index (Phi) is 3.97. The van der Waals surface area contributed by atoms with E-state index in [1.807, 2.05) is 0 Å². The first-order valence-electron chi connectivity index (χ1n) is 7.64. The third-order valence-electron chi connectivity index (χ3n) is 4.51. The van der Waals surface area contributed by atoms with Crippen LogP contribution >= 0.6 is 0 Å². The van der Waals surface area contributed by atoms with Crippen LogP contribution in [0.2, 0.25) is 0 Å². The lowest BCUT2D eigenvalue weighted by Crippen LogP contribution is -2.40. The molecule has 2 aromatic rings. The van der Waals surface area contributed by atoms with Gasteiger partial charge in [0, 0.05) is 36.7 Å². The summed E-state index contributed by atoms with van der Waals surface area (Å²) in [6, 6.07) is 8.58. The van der Waals surface area contributed by atoms with Crippen LogP contribution in [-0.2, 0) is 18.4 Å². The van der Waals surface area contributed by atoms with Gasteiger partial charge in [-0.3, -0.25) is 9.69 Å². The Bertz CT molecular complexity index is 647. The number of piperidine rings is 1. The van der Waals surface area contributed by atoms with Gasteiger partial charge in [-0.1, -0.05) is 24.6 Å². The monoisotopic (exact) mass is 286 g/mol. The third-order valence-corrected chi connectivity index (χ3v) is 4.51. The van der Waals surface area contributed by atoms with Gasteiger partial charge in [-0.2, -0.15) is 0 Å². The molecule has 1 atom stereocenters. The van der Waals surface area contributed by atoms with Crippen molar-refractivity contribution in [3.05, 3.63) is 36.0 Å². The van der Waals surface area contributed by atoms with E-state index in [2.05, 4.69) is 47.0 Å². The summed E-state index contributed by atoms with van der Waals surface area (Å²) in [5, 5.41) is 10.4. The molecule has 0 saturated carbocycles. The molecule has 21 heavy (non-hydrogen) atoms. The van der Waals surface area contributed by atoms with Crippen LogP contribution in [0.15, 0.2) is 30.5 Å². The number of rotatable bonds is 4. The first-order valence-corrected chi connectivity index (χ1v) is 7.64. The fraction of sp³-hybridized carbons (Fsp3) is 0.471. The standard InChI is InChI=1S/C17H22N2O2/c1-18-11-13(15-7-2-3-8-16(15)18)12-19-9-5-4-6-14(19)10-17(20)21/h2-3,7-8,11,14H,4-6,9-10,12H2,1H3,(H,20,21). The Balaban J connectivity index is 1.84. The van der Waals surface area contributed by atoms with E-state index in [-0.39, 0.29) is 12.5 Å². The molecular formula is C17H22N2O2. The number of para-hydroxylation sites is 1. The topological polar surface area (TPSA) is 45.5 Å². The van der Waals surface area contributed by atoms with Crippen LogP contribution in [0.1, 0.15) is 31.2 Å². The number of likely N-dealkylation sites (tertiary alicyclic amines) is 1. The van der Waals surface area contributed by atoms with Crippen LogP contribution in [0, 0.1) is 0 Å². The van der Waals surface area contributed by atoms with E-state index >= 15 is 0 Å².